The Kier molecular flexibility index (Phi) is 4.07. The number of hydrogen-bond donors (Lipinski definition) is 2. The van der Waals surface area contributed by atoms with Gasteiger partial charge < -0.3 is 19.2 Å². The van der Waals surface area contributed by atoms with Crippen molar-refractivity contribution in [1.29, 1.82) is 0 Å². The number of benzene rings is 1. The summed E-state index contributed by atoms with van der Waals surface area (Å²) in [5.41, 5.74) is 1.84. The van der Waals surface area contributed by atoms with Gasteiger partial charge in [0.05, 0.1) is 25.8 Å². The van der Waals surface area contributed by atoms with E-state index in [9.17, 15) is 9.90 Å². The monoisotopic (exact) mass is 304 g/mol. The van der Waals surface area contributed by atoms with E-state index in [1.165, 1.54) is 31.3 Å². The number of esters is 1. The highest BCUT2D eigenvalue weighted by Gasteiger charge is 2.26. The molecule has 0 unspecified atom stereocenters. The van der Waals surface area contributed by atoms with Crippen molar-refractivity contribution in [2.75, 3.05) is 20.2 Å². The number of hydrogen-bond acceptors (Lipinski definition) is 4. The van der Waals surface area contributed by atoms with Gasteiger partial charge in [-0.1, -0.05) is 0 Å². The summed E-state index contributed by atoms with van der Waals surface area (Å²) in [4.78, 5) is 13.5. The summed E-state index contributed by atoms with van der Waals surface area (Å²) in [5, 5.41) is 11.0. The van der Waals surface area contributed by atoms with E-state index in [4.69, 9.17) is 9.15 Å². The van der Waals surface area contributed by atoms with Crippen LogP contribution in [-0.4, -0.2) is 31.3 Å². The molecule has 118 valence electrons. The fourth-order valence-electron chi connectivity index (χ4n) is 3.37. The normalized spacial score (nSPS) is 16.1. The minimum absolute atomic E-state index is 0.219. The van der Waals surface area contributed by atoms with Crippen molar-refractivity contribution >= 4 is 16.9 Å². The average molecular weight is 304 g/mol. The lowest BCUT2D eigenvalue weighted by Crippen LogP contribution is -3.11. The Morgan fingerprint density at radius 1 is 1.32 bits per heavy atom. The number of aromatic hydroxyl groups is 1. The van der Waals surface area contributed by atoms with Gasteiger partial charge in [0.25, 0.3) is 0 Å². The number of piperidine rings is 1. The maximum atomic E-state index is 12.1. The number of methoxy groups -OCH3 is 1. The number of fused-ring (bicyclic) bond motifs is 1. The number of nitrogens with one attached hydrogen (secondary N) is 1. The summed E-state index contributed by atoms with van der Waals surface area (Å²) in [5.74, 6) is 0.329. The lowest BCUT2D eigenvalue weighted by Gasteiger charge is -2.24. The van der Waals surface area contributed by atoms with Crippen LogP contribution >= 0.6 is 0 Å². The zero-order valence-electron chi connectivity index (χ0n) is 13.1. The Hall–Kier alpha value is -2.01. The molecule has 5 heteroatoms. The molecule has 0 radical (unpaired) electrons. The van der Waals surface area contributed by atoms with Gasteiger partial charge in [0, 0.05) is 5.39 Å². The summed E-state index contributed by atoms with van der Waals surface area (Å²) in [7, 11) is 1.36. The Bertz CT molecular complexity index is 698. The second-order valence-corrected chi connectivity index (χ2v) is 5.95. The molecule has 1 aliphatic heterocycles. The van der Waals surface area contributed by atoms with E-state index in [0.717, 1.165) is 18.7 Å². The number of quaternary nitrogens is 1. The summed E-state index contributed by atoms with van der Waals surface area (Å²) in [6, 6.07) is 3.35. The number of ether oxygens (including phenoxy) is 1. The number of aryl methyl sites for hydroxylation is 1. The van der Waals surface area contributed by atoms with Crippen LogP contribution in [0.2, 0.25) is 0 Å². The van der Waals surface area contributed by atoms with Gasteiger partial charge in [-0.15, -0.1) is 0 Å². The van der Waals surface area contributed by atoms with E-state index in [1.54, 1.807) is 19.1 Å². The quantitative estimate of drug-likeness (QED) is 0.849. The zero-order chi connectivity index (χ0) is 15.7. The van der Waals surface area contributed by atoms with Gasteiger partial charge in [0.1, 0.15) is 29.2 Å². The van der Waals surface area contributed by atoms with E-state index in [-0.39, 0.29) is 5.75 Å². The Morgan fingerprint density at radius 2 is 2.05 bits per heavy atom. The van der Waals surface area contributed by atoms with Crippen LogP contribution in [0.15, 0.2) is 16.5 Å². The summed E-state index contributed by atoms with van der Waals surface area (Å²) < 4.78 is 10.6. The first kappa shape index (κ1) is 14.9. The van der Waals surface area contributed by atoms with Crippen molar-refractivity contribution in [2.45, 2.75) is 32.7 Å². The maximum Gasteiger partial charge on any atom is 0.342 e. The van der Waals surface area contributed by atoms with Gasteiger partial charge in [-0.05, 0) is 38.3 Å². The van der Waals surface area contributed by atoms with Gasteiger partial charge in [0.2, 0.25) is 0 Å². The number of phenolic OH excluding ortho intramolecular Hbond substituents is 1. The highest BCUT2D eigenvalue weighted by atomic mass is 16.5. The van der Waals surface area contributed by atoms with Crippen LogP contribution in [0.1, 0.15) is 40.9 Å². The fraction of sp³-hybridized carbons (Fsp3) is 0.471. The van der Waals surface area contributed by atoms with Crippen LogP contribution in [0.4, 0.5) is 0 Å². The Morgan fingerprint density at radius 3 is 2.73 bits per heavy atom. The molecule has 1 aromatic carbocycles. The van der Waals surface area contributed by atoms with Crippen LogP contribution < -0.4 is 4.90 Å². The van der Waals surface area contributed by atoms with Crippen molar-refractivity contribution in [2.24, 2.45) is 0 Å². The minimum atomic E-state index is -0.420. The topological polar surface area (TPSA) is 64.1 Å². The van der Waals surface area contributed by atoms with Crippen LogP contribution in [0, 0.1) is 6.92 Å². The standard InChI is InChI=1S/C17H21NO4/c1-11-15(17(20)21-2)16-12(10-18-8-4-3-5-9-18)13(19)6-7-14(16)22-11/h6-7,19H,3-5,8-10H2,1-2H3/p+1. The second kappa shape index (κ2) is 6.01. The van der Waals surface area contributed by atoms with Crippen molar-refractivity contribution in [1.82, 2.24) is 0 Å². The average Bonchev–Trinajstić information content (AvgIpc) is 2.87. The minimum Gasteiger partial charge on any atom is -0.507 e. The summed E-state index contributed by atoms with van der Waals surface area (Å²) in [6.07, 6.45) is 3.69. The fourth-order valence-corrected chi connectivity index (χ4v) is 3.37. The first-order chi connectivity index (χ1) is 10.6. The van der Waals surface area contributed by atoms with E-state index < -0.39 is 5.97 Å². The largest absolute Gasteiger partial charge is 0.507 e. The molecular formula is C17H22NO4+. The number of phenols is 1. The van der Waals surface area contributed by atoms with Gasteiger partial charge in [-0.3, -0.25) is 0 Å². The van der Waals surface area contributed by atoms with Gasteiger partial charge in [0.15, 0.2) is 0 Å². The number of furan rings is 1. The Balaban J connectivity index is 2.10. The van der Waals surface area contributed by atoms with E-state index in [2.05, 4.69) is 0 Å². The lowest BCUT2D eigenvalue weighted by atomic mass is 10.0. The maximum absolute atomic E-state index is 12.1. The molecule has 0 spiro atoms. The second-order valence-electron chi connectivity index (χ2n) is 5.95. The van der Waals surface area contributed by atoms with Crippen molar-refractivity contribution in [3.63, 3.8) is 0 Å². The first-order valence-corrected chi connectivity index (χ1v) is 7.77. The highest BCUT2D eigenvalue weighted by molar-refractivity contribution is 6.06. The molecule has 0 bridgehead atoms. The van der Waals surface area contributed by atoms with Crippen LogP contribution in [0.25, 0.3) is 11.0 Å². The van der Waals surface area contributed by atoms with Crippen molar-refractivity contribution < 1.29 is 24.0 Å². The highest BCUT2D eigenvalue weighted by Crippen LogP contribution is 2.33. The van der Waals surface area contributed by atoms with E-state index >= 15 is 0 Å². The molecule has 0 aliphatic carbocycles. The number of rotatable bonds is 3. The number of likely N-dealkylation sites (tertiary alicyclic amines) is 1. The van der Waals surface area contributed by atoms with E-state index in [1.807, 2.05) is 0 Å². The van der Waals surface area contributed by atoms with Crippen LogP contribution in [0.3, 0.4) is 0 Å². The molecule has 1 aliphatic rings. The summed E-state index contributed by atoms with van der Waals surface area (Å²) in [6.45, 7) is 4.65. The molecule has 0 atom stereocenters. The molecule has 5 nitrogen and oxygen atoms in total. The molecule has 2 heterocycles. The number of carbonyl (C=O) groups excluding carboxylic acids is 1. The van der Waals surface area contributed by atoms with Gasteiger partial charge >= 0.3 is 5.97 Å². The van der Waals surface area contributed by atoms with Gasteiger partial charge in [-0.2, -0.15) is 0 Å². The van der Waals surface area contributed by atoms with Gasteiger partial charge in [-0.25, -0.2) is 4.79 Å². The van der Waals surface area contributed by atoms with E-state index in [0.29, 0.717) is 28.8 Å². The molecule has 0 saturated carbocycles. The number of carbonyl (C=O) groups is 1. The zero-order valence-corrected chi connectivity index (χ0v) is 13.1. The molecule has 22 heavy (non-hydrogen) atoms. The third-order valence-corrected chi connectivity index (χ3v) is 4.49. The molecule has 1 aromatic heterocycles. The van der Waals surface area contributed by atoms with Crippen molar-refractivity contribution in [3.8, 4) is 5.75 Å². The predicted octanol–water partition coefficient (Wildman–Crippen LogP) is 1.80. The smallest absolute Gasteiger partial charge is 0.342 e. The Labute approximate surface area is 129 Å². The van der Waals surface area contributed by atoms with Crippen LogP contribution in [0.5, 0.6) is 5.75 Å². The lowest BCUT2D eigenvalue weighted by molar-refractivity contribution is -0.918. The molecular weight excluding hydrogens is 282 g/mol. The van der Waals surface area contributed by atoms with Crippen LogP contribution in [-0.2, 0) is 11.3 Å². The molecule has 2 N–H and O–H groups in total. The SMILES string of the molecule is COC(=O)c1c(C)oc2ccc(O)c(C[NH+]3CCCCC3)c12. The third kappa shape index (κ3) is 2.57. The molecule has 1 fully saturated rings. The molecule has 1 saturated heterocycles. The molecule has 2 aromatic rings. The third-order valence-electron chi connectivity index (χ3n) is 4.49. The molecule has 0 amide bonds. The predicted molar refractivity (Wildman–Crippen MR) is 82.2 cm³/mol. The summed E-state index contributed by atoms with van der Waals surface area (Å²) >= 11 is 0. The molecule has 3 rings (SSSR count). The first-order valence-electron chi connectivity index (χ1n) is 7.77. The van der Waals surface area contributed by atoms with Crippen molar-refractivity contribution in [3.05, 3.63) is 29.0 Å².